The molecule has 0 aliphatic carbocycles. The lowest BCUT2D eigenvalue weighted by Gasteiger charge is -2.33. The maximum Gasteiger partial charge on any atom is 0.244 e. The maximum absolute atomic E-state index is 4.39. The van der Waals surface area contributed by atoms with Gasteiger partial charge in [-0.1, -0.05) is 6.92 Å². The molecule has 0 atom stereocenters. The predicted molar refractivity (Wildman–Crippen MR) is 79.0 cm³/mol. The van der Waals surface area contributed by atoms with Gasteiger partial charge >= 0.3 is 0 Å². The van der Waals surface area contributed by atoms with E-state index < -0.39 is 0 Å². The van der Waals surface area contributed by atoms with Crippen LogP contribution in [0.2, 0.25) is 0 Å². The zero-order valence-corrected chi connectivity index (χ0v) is 12.9. The van der Waals surface area contributed by atoms with Crippen LogP contribution >= 0.6 is 0 Å². The molecule has 114 valence electrons. The summed E-state index contributed by atoms with van der Waals surface area (Å²) < 4.78 is 2.10. The van der Waals surface area contributed by atoms with Crippen molar-refractivity contribution in [1.82, 2.24) is 34.8 Å². The van der Waals surface area contributed by atoms with E-state index in [1.165, 1.54) is 0 Å². The summed E-state index contributed by atoms with van der Waals surface area (Å²) in [5, 5.41) is 15.6. The van der Waals surface area contributed by atoms with E-state index in [2.05, 4.69) is 46.7 Å². The molecule has 0 unspecified atom stereocenters. The number of aromatic nitrogens is 6. The second-order valence-electron chi connectivity index (χ2n) is 5.43. The van der Waals surface area contributed by atoms with E-state index in [1.807, 2.05) is 14.0 Å². The normalized spacial score (nSPS) is 16.6. The van der Waals surface area contributed by atoms with E-state index in [0.717, 1.165) is 62.6 Å². The highest BCUT2D eigenvalue weighted by atomic mass is 15.4. The number of rotatable bonds is 4. The predicted octanol–water partition coefficient (Wildman–Crippen LogP) is 0.126. The first-order chi connectivity index (χ1) is 10.2. The summed E-state index contributed by atoms with van der Waals surface area (Å²) in [7, 11) is 2.04. The standard InChI is InChI=1S/C13H22N8/c1-4-11-16-17-12(19(11)3)9-20-5-7-21(8-6-20)13-14-10(2)15-18-13/h4-9H2,1-3H3,(H,14,15,18). The topological polar surface area (TPSA) is 78.8 Å². The Morgan fingerprint density at radius 3 is 2.38 bits per heavy atom. The van der Waals surface area contributed by atoms with E-state index in [0.29, 0.717) is 0 Å². The quantitative estimate of drug-likeness (QED) is 0.862. The molecule has 0 amide bonds. The van der Waals surface area contributed by atoms with Crippen LogP contribution in [0.4, 0.5) is 5.95 Å². The molecule has 8 heteroatoms. The number of hydrogen-bond acceptors (Lipinski definition) is 6. The molecule has 8 nitrogen and oxygen atoms in total. The second-order valence-corrected chi connectivity index (χ2v) is 5.43. The molecule has 0 aromatic carbocycles. The number of H-pyrrole nitrogens is 1. The fourth-order valence-electron chi connectivity index (χ4n) is 2.62. The van der Waals surface area contributed by atoms with Gasteiger partial charge in [0.15, 0.2) is 0 Å². The van der Waals surface area contributed by atoms with E-state index in [9.17, 15) is 0 Å². The molecule has 3 heterocycles. The number of anilines is 1. The van der Waals surface area contributed by atoms with E-state index in [1.54, 1.807) is 0 Å². The van der Waals surface area contributed by atoms with Crippen molar-refractivity contribution in [3.8, 4) is 0 Å². The van der Waals surface area contributed by atoms with Gasteiger partial charge in [0.2, 0.25) is 5.95 Å². The molecule has 1 saturated heterocycles. The average molecular weight is 290 g/mol. The third kappa shape index (κ3) is 2.90. The Labute approximate surface area is 124 Å². The summed E-state index contributed by atoms with van der Waals surface area (Å²) in [6.07, 6.45) is 0.918. The van der Waals surface area contributed by atoms with Crippen molar-refractivity contribution < 1.29 is 0 Å². The van der Waals surface area contributed by atoms with Gasteiger partial charge in [-0.25, -0.2) is 0 Å². The molecule has 1 N–H and O–H groups in total. The molecule has 2 aromatic heterocycles. The van der Waals surface area contributed by atoms with Crippen molar-refractivity contribution in [3.63, 3.8) is 0 Å². The van der Waals surface area contributed by atoms with Gasteiger partial charge in [0.1, 0.15) is 17.5 Å². The molecule has 0 bridgehead atoms. The Morgan fingerprint density at radius 1 is 1.10 bits per heavy atom. The molecule has 2 aromatic rings. The number of aromatic amines is 1. The lowest BCUT2D eigenvalue weighted by atomic mass is 10.3. The van der Waals surface area contributed by atoms with E-state index >= 15 is 0 Å². The molecular formula is C13H22N8. The van der Waals surface area contributed by atoms with Crippen LogP contribution in [0.25, 0.3) is 0 Å². The monoisotopic (exact) mass is 290 g/mol. The average Bonchev–Trinajstić information content (AvgIpc) is 3.07. The summed E-state index contributed by atoms with van der Waals surface area (Å²) in [4.78, 5) is 9.00. The van der Waals surface area contributed by atoms with Gasteiger partial charge in [-0.2, -0.15) is 4.98 Å². The molecule has 3 rings (SSSR count). The molecule has 0 saturated carbocycles. The van der Waals surface area contributed by atoms with Crippen LogP contribution in [0.3, 0.4) is 0 Å². The Bertz CT molecular complexity index is 593. The van der Waals surface area contributed by atoms with Gasteiger partial charge in [-0.05, 0) is 6.92 Å². The Kier molecular flexibility index (Phi) is 3.87. The van der Waals surface area contributed by atoms with Crippen LogP contribution in [0.5, 0.6) is 0 Å². The minimum absolute atomic E-state index is 0.805. The first-order valence-corrected chi connectivity index (χ1v) is 7.41. The van der Waals surface area contributed by atoms with Crippen LogP contribution in [0.15, 0.2) is 0 Å². The first kappa shape index (κ1) is 14.0. The van der Waals surface area contributed by atoms with Gasteiger partial charge in [0, 0.05) is 39.6 Å². The van der Waals surface area contributed by atoms with Crippen molar-refractivity contribution >= 4 is 5.95 Å². The van der Waals surface area contributed by atoms with Crippen molar-refractivity contribution in [2.24, 2.45) is 7.05 Å². The van der Waals surface area contributed by atoms with Crippen LogP contribution in [0.1, 0.15) is 24.4 Å². The zero-order chi connectivity index (χ0) is 14.8. The van der Waals surface area contributed by atoms with Crippen molar-refractivity contribution in [3.05, 3.63) is 17.5 Å². The molecule has 1 aliphatic rings. The van der Waals surface area contributed by atoms with Gasteiger partial charge in [0.25, 0.3) is 0 Å². The highest BCUT2D eigenvalue weighted by Gasteiger charge is 2.21. The van der Waals surface area contributed by atoms with Gasteiger partial charge in [0.05, 0.1) is 6.54 Å². The molecular weight excluding hydrogens is 268 g/mol. The fourth-order valence-corrected chi connectivity index (χ4v) is 2.62. The summed E-state index contributed by atoms with van der Waals surface area (Å²) in [5.41, 5.74) is 0. The Morgan fingerprint density at radius 2 is 1.81 bits per heavy atom. The van der Waals surface area contributed by atoms with Gasteiger partial charge in [-0.15, -0.1) is 15.3 Å². The maximum atomic E-state index is 4.39. The molecule has 0 radical (unpaired) electrons. The highest BCUT2D eigenvalue weighted by Crippen LogP contribution is 2.12. The molecule has 21 heavy (non-hydrogen) atoms. The minimum Gasteiger partial charge on any atom is -0.337 e. The van der Waals surface area contributed by atoms with Crippen LogP contribution < -0.4 is 4.90 Å². The number of hydrogen-bond donors (Lipinski definition) is 1. The van der Waals surface area contributed by atoms with Gasteiger partial charge < -0.3 is 9.47 Å². The lowest BCUT2D eigenvalue weighted by Crippen LogP contribution is -2.46. The Hall–Kier alpha value is -1.96. The third-order valence-electron chi connectivity index (χ3n) is 3.98. The number of nitrogens with zero attached hydrogens (tertiary/aromatic N) is 7. The van der Waals surface area contributed by atoms with Crippen molar-refractivity contribution in [2.45, 2.75) is 26.8 Å². The summed E-state index contributed by atoms with van der Waals surface area (Å²) in [6.45, 7) is 8.73. The van der Waals surface area contributed by atoms with Crippen LogP contribution in [-0.2, 0) is 20.0 Å². The zero-order valence-electron chi connectivity index (χ0n) is 12.9. The summed E-state index contributed by atoms with van der Waals surface area (Å²) in [5.74, 6) is 3.74. The van der Waals surface area contributed by atoms with Crippen molar-refractivity contribution in [1.29, 1.82) is 0 Å². The van der Waals surface area contributed by atoms with Crippen LogP contribution in [-0.4, -0.2) is 61.0 Å². The smallest absolute Gasteiger partial charge is 0.244 e. The molecule has 1 aliphatic heterocycles. The summed E-state index contributed by atoms with van der Waals surface area (Å²) >= 11 is 0. The summed E-state index contributed by atoms with van der Waals surface area (Å²) in [6, 6.07) is 0. The number of piperazine rings is 1. The van der Waals surface area contributed by atoms with E-state index in [-0.39, 0.29) is 0 Å². The van der Waals surface area contributed by atoms with Crippen LogP contribution in [0, 0.1) is 6.92 Å². The first-order valence-electron chi connectivity index (χ1n) is 7.41. The van der Waals surface area contributed by atoms with Gasteiger partial charge in [-0.3, -0.25) is 10.00 Å². The number of aryl methyl sites for hydroxylation is 2. The second kappa shape index (κ2) is 5.80. The van der Waals surface area contributed by atoms with E-state index in [4.69, 9.17) is 0 Å². The lowest BCUT2D eigenvalue weighted by molar-refractivity contribution is 0.240. The highest BCUT2D eigenvalue weighted by molar-refractivity contribution is 5.29. The molecule has 0 spiro atoms. The molecule has 1 fully saturated rings. The Balaban J connectivity index is 1.57. The van der Waals surface area contributed by atoms with Crippen molar-refractivity contribution in [2.75, 3.05) is 31.1 Å². The minimum atomic E-state index is 0.805. The largest absolute Gasteiger partial charge is 0.337 e. The number of nitrogens with one attached hydrogen (secondary N) is 1. The third-order valence-corrected chi connectivity index (χ3v) is 3.98. The SMILES string of the molecule is CCc1nnc(CN2CCN(c3n[nH]c(C)n3)CC2)n1C. The fraction of sp³-hybridized carbons (Fsp3) is 0.692.